The molecule has 0 aromatic heterocycles. The minimum absolute atomic E-state index is 0.0301. The fourth-order valence-corrected chi connectivity index (χ4v) is 2.71. The van der Waals surface area contributed by atoms with Crippen LogP contribution >= 0.6 is 0 Å². The Hall–Kier alpha value is -0.860. The van der Waals surface area contributed by atoms with E-state index >= 15 is 0 Å². The summed E-state index contributed by atoms with van der Waals surface area (Å²) < 4.78 is 0. The third-order valence-corrected chi connectivity index (χ3v) is 4.51. The summed E-state index contributed by atoms with van der Waals surface area (Å²) in [5.41, 5.74) is 10.6. The molecule has 0 heterocycles. The van der Waals surface area contributed by atoms with E-state index in [9.17, 15) is 0 Å². The first kappa shape index (κ1) is 16.2. The predicted molar refractivity (Wildman–Crippen MR) is 84.6 cm³/mol. The number of benzene rings is 1. The molecule has 0 radical (unpaired) electrons. The zero-order valence-electron chi connectivity index (χ0n) is 13.5. The molecule has 0 aliphatic carbocycles. The van der Waals surface area contributed by atoms with Gasteiger partial charge in [0.25, 0.3) is 0 Å². The smallest absolute Gasteiger partial charge is 0.0307 e. The summed E-state index contributed by atoms with van der Waals surface area (Å²) in [7, 11) is 0. The van der Waals surface area contributed by atoms with Crippen LogP contribution in [0.25, 0.3) is 0 Å². The van der Waals surface area contributed by atoms with E-state index in [-0.39, 0.29) is 11.6 Å². The first-order valence-corrected chi connectivity index (χ1v) is 7.39. The van der Waals surface area contributed by atoms with Crippen LogP contribution < -0.4 is 5.73 Å². The highest BCUT2D eigenvalue weighted by Crippen LogP contribution is 2.21. The molecule has 1 rings (SSSR count). The molecule has 2 heteroatoms. The van der Waals surface area contributed by atoms with Crippen LogP contribution in [0.3, 0.4) is 0 Å². The summed E-state index contributed by atoms with van der Waals surface area (Å²) in [6, 6.07) is 6.82. The topological polar surface area (TPSA) is 29.3 Å². The van der Waals surface area contributed by atoms with Gasteiger partial charge in [-0.25, -0.2) is 0 Å². The van der Waals surface area contributed by atoms with Crippen LogP contribution in [0.15, 0.2) is 18.2 Å². The molecule has 108 valence electrons. The molecule has 0 aliphatic rings. The molecule has 0 fully saturated rings. The van der Waals surface area contributed by atoms with Gasteiger partial charge >= 0.3 is 0 Å². The maximum atomic E-state index is 6.48. The number of rotatable bonds is 6. The molecule has 1 atom stereocenters. The molecule has 0 bridgehead atoms. The molecule has 1 aromatic carbocycles. The van der Waals surface area contributed by atoms with Crippen molar-refractivity contribution in [2.24, 2.45) is 5.73 Å². The quantitative estimate of drug-likeness (QED) is 0.852. The Kier molecular flexibility index (Phi) is 5.57. The molecule has 0 amide bonds. The van der Waals surface area contributed by atoms with Crippen molar-refractivity contribution in [1.29, 1.82) is 0 Å². The first-order chi connectivity index (χ1) is 8.82. The zero-order valence-corrected chi connectivity index (χ0v) is 13.5. The normalized spacial score (nSPS) is 13.9. The number of aryl methyl sites for hydroxylation is 2. The van der Waals surface area contributed by atoms with Crippen LogP contribution in [-0.4, -0.2) is 29.6 Å². The lowest BCUT2D eigenvalue weighted by Crippen LogP contribution is -2.56. The van der Waals surface area contributed by atoms with Crippen molar-refractivity contribution < 1.29 is 0 Å². The van der Waals surface area contributed by atoms with Crippen molar-refractivity contribution >= 4 is 0 Å². The highest BCUT2D eigenvalue weighted by Gasteiger charge is 2.31. The average molecular weight is 262 g/mol. The van der Waals surface area contributed by atoms with E-state index < -0.39 is 0 Å². The largest absolute Gasteiger partial charge is 0.326 e. The van der Waals surface area contributed by atoms with Crippen molar-refractivity contribution in [2.45, 2.75) is 59.5 Å². The van der Waals surface area contributed by atoms with Gasteiger partial charge in [-0.3, -0.25) is 4.90 Å². The van der Waals surface area contributed by atoms with E-state index in [1.807, 2.05) is 0 Å². The lowest BCUT2D eigenvalue weighted by atomic mass is 9.87. The lowest BCUT2D eigenvalue weighted by Gasteiger charge is -2.42. The summed E-state index contributed by atoms with van der Waals surface area (Å²) in [4.78, 5) is 2.44. The van der Waals surface area contributed by atoms with Crippen molar-refractivity contribution in [3.63, 3.8) is 0 Å². The molecule has 0 saturated carbocycles. The Bertz CT molecular complexity index is 406. The van der Waals surface area contributed by atoms with Crippen LogP contribution in [0.5, 0.6) is 0 Å². The number of likely N-dealkylation sites (N-methyl/N-ethyl adjacent to an activating group) is 1. The minimum atomic E-state index is 0.0301. The summed E-state index contributed by atoms with van der Waals surface area (Å²) in [5, 5.41) is 0. The molecule has 2 N–H and O–H groups in total. The fourth-order valence-electron chi connectivity index (χ4n) is 2.71. The molecule has 0 aliphatic heterocycles. The van der Waals surface area contributed by atoms with Gasteiger partial charge in [-0.15, -0.1) is 0 Å². The van der Waals surface area contributed by atoms with E-state index in [0.29, 0.717) is 0 Å². The van der Waals surface area contributed by atoms with Crippen LogP contribution in [-0.2, 0) is 6.42 Å². The van der Waals surface area contributed by atoms with Crippen molar-refractivity contribution in [3.05, 3.63) is 34.9 Å². The van der Waals surface area contributed by atoms with E-state index in [0.717, 1.165) is 19.5 Å². The fraction of sp³-hybridized carbons (Fsp3) is 0.647. The zero-order chi connectivity index (χ0) is 14.6. The third-order valence-electron chi connectivity index (χ3n) is 4.51. The number of nitrogens with zero attached hydrogens (tertiary/aromatic N) is 1. The summed E-state index contributed by atoms with van der Waals surface area (Å²) in [5.74, 6) is 0. The average Bonchev–Trinajstić information content (AvgIpc) is 2.35. The van der Waals surface area contributed by atoms with Crippen LogP contribution in [0.2, 0.25) is 0 Å². The van der Waals surface area contributed by atoms with Crippen molar-refractivity contribution in [2.75, 3.05) is 13.1 Å². The Morgan fingerprint density at radius 3 is 2.16 bits per heavy atom. The highest BCUT2D eigenvalue weighted by atomic mass is 15.2. The van der Waals surface area contributed by atoms with Gasteiger partial charge < -0.3 is 5.73 Å². The van der Waals surface area contributed by atoms with E-state index in [1.54, 1.807) is 0 Å². The van der Waals surface area contributed by atoms with Gasteiger partial charge in [0.2, 0.25) is 0 Å². The molecule has 0 spiro atoms. The Balaban J connectivity index is 2.83. The van der Waals surface area contributed by atoms with E-state index in [2.05, 4.69) is 64.6 Å². The highest BCUT2D eigenvalue weighted by molar-refractivity contribution is 5.30. The lowest BCUT2D eigenvalue weighted by molar-refractivity contribution is 0.106. The molecular formula is C17H30N2. The maximum Gasteiger partial charge on any atom is 0.0307 e. The van der Waals surface area contributed by atoms with Gasteiger partial charge in [0, 0.05) is 11.6 Å². The predicted octanol–water partition coefficient (Wildman–Crippen LogP) is 3.29. The molecular weight excluding hydrogens is 232 g/mol. The third kappa shape index (κ3) is 3.80. The maximum absolute atomic E-state index is 6.48. The Labute approximate surface area is 119 Å². The van der Waals surface area contributed by atoms with Crippen LogP contribution in [0, 0.1) is 13.8 Å². The SMILES string of the molecule is CCN(CC)C(C)(C)C(N)Cc1ccc(C)c(C)c1. The molecule has 0 saturated heterocycles. The van der Waals surface area contributed by atoms with Gasteiger partial charge in [-0.2, -0.15) is 0 Å². The second kappa shape index (κ2) is 6.53. The van der Waals surface area contributed by atoms with Gasteiger partial charge in [0.15, 0.2) is 0 Å². The van der Waals surface area contributed by atoms with E-state index in [1.165, 1.54) is 16.7 Å². The van der Waals surface area contributed by atoms with Crippen LogP contribution in [0.1, 0.15) is 44.4 Å². The monoisotopic (exact) mass is 262 g/mol. The Morgan fingerprint density at radius 2 is 1.68 bits per heavy atom. The van der Waals surface area contributed by atoms with Crippen molar-refractivity contribution in [3.8, 4) is 0 Å². The summed E-state index contributed by atoms with van der Waals surface area (Å²) >= 11 is 0. The second-order valence-electron chi connectivity index (χ2n) is 6.06. The van der Waals surface area contributed by atoms with Crippen LogP contribution in [0.4, 0.5) is 0 Å². The molecule has 1 aromatic rings. The number of hydrogen-bond acceptors (Lipinski definition) is 2. The van der Waals surface area contributed by atoms with Gasteiger partial charge in [0.05, 0.1) is 0 Å². The molecule has 2 nitrogen and oxygen atoms in total. The Morgan fingerprint density at radius 1 is 1.11 bits per heavy atom. The van der Waals surface area contributed by atoms with Gasteiger partial charge in [-0.05, 0) is 63.9 Å². The summed E-state index contributed by atoms with van der Waals surface area (Å²) in [6.45, 7) is 15.3. The molecule has 19 heavy (non-hydrogen) atoms. The molecule has 1 unspecified atom stereocenters. The van der Waals surface area contributed by atoms with E-state index in [4.69, 9.17) is 5.73 Å². The number of nitrogens with two attached hydrogens (primary N) is 1. The minimum Gasteiger partial charge on any atom is -0.326 e. The summed E-state index contributed by atoms with van der Waals surface area (Å²) in [6.07, 6.45) is 0.935. The number of hydrogen-bond donors (Lipinski definition) is 1. The first-order valence-electron chi connectivity index (χ1n) is 7.39. The van der Waals surface area contributed by atoms with Gasteiger partial charge in [-0.1, -0.05) is 32.0 Å². The second-order valence-corrected chi connectivity index (χ2v) is 6.06. The van der Waals surface area contributed by atoms with Crippen molar-refractivity contribution in [1.82, 2.24) is 4.90 Å². The van der Waals surface area contributed by atoms with Gasteiger partial charge in [0.1, 0.15) is 0 Å². The standard InChI is InChI=1S/C17H30N2/c1-7-19(8-2)17(5,6)16(18)12-15-10-9-13(3)14(4)11-15/h9-11,16H,7-8,12,18H2,1-6H3.